The maximum absolute atomic E-state index is 11.9. The second-order valence-corrected chi connectivity index (χ2v) is 4.25. The first-order valence-corrected chi connectivity index (χ1v) is 5.65. The van der Waals surface area contributed by atoms with E-state index in [4.69, 9.17) is 0 Å². The number of hydrogen-bond donors (Lipinski definition) is 2. The third-order valence-corrected chi connectivity index (χ3v) is 3.39. The van der Waals surface area contributed by atoms with Crippen molar-refractivity contribution in [1.82, 2.24) is 10.6 Å². The Bertz CT molecular complexity index is 316. The molecule has 4 amide bonds. The van der Waals surface area contributed by atoms with Crippen LogP contribution in [0.2, 0.25) is 0 Å². The molecule has 2 N–H and O–H groups in total. The third kappa shape index (κ3) is 2.89. The van der Waals surface area contributed by atoms with Crippen LogP contribution in [0.3, 0.4) is 0 Å². The van der Waals surface area contributed by atoms with Crippen molar-refractivity contribution in [3.05, 3.63) is 0 Å². The molecule has 1 aliphatic heterocycles. The van der Waals surface area contributed by atoms with Crippen LogP contribution < -0.4 is 40.2 Å². The molecule has 17 heavy (non-hydrogen) atoms. The topological polar surface area (TPSA) is 75.3 Å². The smallest absolute Gasteiger partial charge is 1.00 e. The molecule has 0 aliphatic carbocycles. The number of imide groups is 2. The Labute approximate surface area is 125 Å². The Morgan fingerprint density at radius 2 is 1.65 bits per heavy atom. The van der Waals surface area contributed by atoms with Crippen LogP contribution >= 0.6 is 0 Å². The van der Waals surface area contributed by atoms with Crippen LogP contribution in [0.5, 0.6) is 0 Å². The SMILES string of the molecule is CCC[C@@H](C)C1(CC)C(=O)NC(=O)NC1=O.[H-].[Na+]. The molecule has 1 rings (SSSR count). The van der Waals surface area contributed by atoms with Crippen molar-refractivity contribution >= 4 is 17.8 Å². The fourth-order valence-electron chi connectivity index (χ4n) is 2.36. The zero-order valence-electron chi connectivity index (χ0n) is 11.9. The molecule has 0 aromatic heterocycles. The van der Waals surface area contributed by atoms with Gasteiger partial charge in [0, 0.05) is 0 Å². The van der Waals surface area contributed by atoms with E-state index in [1.54, 1.807) is 6.92 Å². The van der Waals surface area contributed by atoms with Crippen molar-refractivity contribution in [2.75, 3.05) is 0 Å². The van der Waals surface area contributed by atoms with Gasteiger partial charge in [-0.15, -0.1) is 0 Å². The summed E-state index contributed by atoms with van der Waals surface area (Å²) in [5.74, 6) is -1.01. The van der Waals surface area contributed by atoms with E-state index >= 15 is 0 Å². The molecule has 92 valence electrons. The van der Waals surface area contributed by atoms with Gasteiger partial charge in [0.05, 0.1) is 0 Å². The number of hydrogen-bond acceptors (Lipinski definition) is 3. The van der Waals surface area contributed by atoms with Gasteiger partial charge in [-0.1, -0.05) is 27.2 Å². The predicted molar refractivity (Wildman–Crippen MR) is 59.6 cm³/mol. The number of rotatable bonds is 4. The number of carbonyl (C=O) groups excluding carboxylic acids is 3. The van der Waals surface area contributed by atoms with Gasteiger partial charge in [-0.25, -0.2) is 4.79 Å². The molecule has 1 aliphatic rings. The fraction of sp³-hybridized carbons (Fsp3) is 0.727. The summed E-state index contributed by atoms with van der Waals surface area (Å²) < 4.78 is 0. The molecular weight excluding hydrogens is 231 g/mol. The molecule has 1 saturated heterocycles. The van der Waals surface area contributed by atoms with Gasteiger partial charge in [-0.05, 0) is 18.8 Å². The van der Waals surface area contributed by atoms with Crippen molar-refractivity contribution in [1.29, 1.82) is 0 Å². The van der Waals surface area contributed by atoms with Crippen LogP contribution in [-0.4, -0.2) is 17.8 Å². The van der Waals surface area contributed by atoms with E-state index in [1.165, 1.54) is 0 Å². The van der Waals surface area contributed by atoms with Gasteiger partial charge in [0.15, 0.2) is 0 Å². The van der Waals surface area contributed by atoms with Gasteiger partial charge in [0.2, 0.25) is 11.8 Å². The van der Waals surface area contributed by atoms with Crippen molar-refractivity contribution in [3.8, 4) is 0 Å². The van der Waals surface area contributed by atoms with Crippen LogP contribution in [0.15, 0.2) is 0 Å². The quantitative estimate of drug-likeness (QED) is 0.461. The Kier molecular flexibility index (Phi) is 6.37. The molecule has 0 saturated carbocycles. The zero-order chi connectivity index (χ0) is 12.3. The van der Waals surface area contributed by atoms with Gasteiger partial charge >= 0.3 is 35.6 Å². The van der Waals surface area contributed by atoms with E-state index in [0.717, 1.165) is 12.8 Å². The molecule has 0 aromatic carbocycles. The minimum absolute atomic E-state index is 0. The van der Waals surface area contributed by atoms with Gasteiger partial charge in [0.25, 0.3) is 0 Å². The van der Waals surface area contributed by atoms with E-state index in [1.807, 2.05) is 13.8 Å². The Morgan fingerprint density at radius 1 is 1.18 bits per heavy atom. The van der Waals surface area contributed by atoms with Crippen LogP contribution in [0.4, 0.5) is 4.79 Å². The molecule has 1 atom stereocenters. The first kappa shape index (κ1) is 16.6. The summed E-state index contributed by atoms with van der Waals surface area (Å²) in [6.45, 7) is 5.67. The van der Waals surface area contributed by atoms with Gasteiger partial charge in [-0.2, -0.15) is 0 Å². The normalized spacial score (nSPS) is 20.1. The average Bonchev–Trinajstić information content (AvgIpc) is 2.18. The predicted octanol–water partition coefficient (Wildman–Crippen LogP) is -1.70. The summed E-state index contributed by atoms with van der Waals surface area (Å²) in [5.41, 5.74) is -1.09. The number of amides is 4. The molecule has 6 heteroatoms. The standard InChI is InChI=1S/C11H18N2O3.Na.H/c1-4-6-7(3)11(5-2)8(14)12-10(16)13-9(11)15;;/h7H,4-6H2,1-3H3,(H2,12,13,14,15,16);;/q;+1;-1/t7-;;/m1../s1. The van der Waals surface area contributed by atoms with E-state index in [-0.39, 0.29) is 36.9 Å². The van der Waals surface area contributed by atoms with Crippen molar-refractivity contribution in [3.63, 3.8) is 0 Å². The summed E-state index contributed by atoms with van der Waals surface area (Å²) in [5, 5.41) is 4.36. The second-order valence-electron chi connectivity index (χ2n) is 4.25. The first-order valence-electron chi connectivity index (χ1n) is 5.65. The summed E-state index contributed by atoms with van der Waals surface area (Å²) in [6.07, 6.45) is 2.08. The Morgan fingerprint density at radius 3 is 2.00 bits per heavy atom. The van der Waals surface area contributed by atoms with E-state index in [2.05, 4.69) is 10.6 Å². The molecule has 0 aromatic rings. The number of barbiturate groups is 1. The molecule has 0 spiro atoms. The van der Waals surface area contributed by atoms with Gasteiger partial charge in [-0.3, -0.25) is 20.2 Å². The molecule has 5 nitrogen and oxygen atoms in total. The van der Waals surface area contributed by atoms with E-state index in [0.29, 0.717) is 6.42 Å². The van der Waals surface area contributed by atoms with Crippen LogP contribution in [0, 0.1) is 11.3 Å². The second kappa shape index (κ2) is 6.52. The van der Waals surface area contributed by atoms with Crippen LogP contribution in [0.1, 0.15) is 41.5 Å². The third-order valence-electron chi connectivity index (χ3n) is 3.39. The number of nitrogens with one attached hydrogen (secondary N) is 2. The average molecular weight is 250 g/mol. The monoisotopic (exact) mass is 250 g/mol. The summed E-state index contributed by atoms with van der Waals surface area (Å²) in [6, 6.07) is -0.720. The maximum atomic E-state index is 11.9. The Balaban J connectivity index is 0. The summed E-state index contributed by atoms with van der Waals surface area (Å²) >= 11 is 0. The maximum Gasteiger partial charge on any atom is 1.00 e. The molecule has 0 radical (unpaired) electrons. The van der Waals surface area contributed by atoms with Gasteiger partial charge in [0.1, 0.15) is 5.41 Å². The van der Waals surface area contributed by atoms with Gasteiger partial charge < -0.3 is 1.43 Å². The molecular formula is C11H19N2NaO3. The largest absolute Gasteiger partial charge is 1.00 e. The number of urea groups is 1. The minimum Gasteiger partial charge on any atom is -1.00 e. The van der Waals surface area contributed by atoms with Crippen molar-refractivity contribution in [2.45, 2.75) is 40.0 Å². The van der Waals surface area contributed by atoms with Crippen molar-refractivity contribution < 1.29 is 45.4 Å². The summed E-state index contributed by atoms with van der Waals surface area (Å²) in [7, 11) is 0. The number of carbonyl (C=O) groups is 3. The van der Waals surface area contributed by atoms with Crippen LogP contribution in [0.25, 0.3) is 0 Å². The zero-order valence-corrected chi connectivity index (χ0v) is 12.9. The van der Waals surface area contributed by atoms with E-state index in [9.17, 15) is 14.4 Å². The Hall–Kier alpha value is -0.390. The van der Waals surface area contributed by atoms with Crippen molar-refractivity contribution in [2.24, 2.45) is 11.3 Å². The summed E-state index contributed by atoms with van der Waals surface area (Å²) in [4.78, 5) is 34.8. The first-order chi connectivity index (χ1) is 7.48. The molecule has 1 heterocycles. The van der Waals surface area contributed by atoms with E-state index < -0.39 is 23.3 Å². The fourth-order valence-corrected chi connectivity index (χ4v) is 2.36. The molecule has 0 unspecified atom stereocenters. The molecule has 0 bridgehead atoms. The minimum atomic E-state index is -1.09. The van der Waals surface area contributed by atoms with Crippen LogP contribution in [-0.2, 0) is 9.59 Å². The molecule has 1 fully saturated rings.